The van der Waals surface area contributed by atoms with Gasteiger partial charge < -0.3 is 15.7 Å². The Hall–Kier alpha value is -1.26. The van der Waals surface area contributed by atoms with Crippen molar-refractivity contribution >= 4 is 12.0 Å². The number of carboxylic acids is 1. The summed E-state index contributed by atoms with van der Waals surface area (Å²) in [6.45, 7) is 12.3. The Kier molecular flexibility index (Phi) is 6.15. The maximum atomic E-state index is 11.6. The Morgan fingerprint density at radius 3 is 2.00 bits per heavy atom. The van der Waals surface area contributed by atoms with Crippen LogP contribution in [0.2, 0.25) is 0 Å². The fourth-order valence-electron chi connectivity index (χ4n) is 1.22. The van der Waals surface area contributed by atoms with Crippen molar-refractivity contribution in [2.45, 2.75) is 47.6 Å². The van der Waals surface area contributed by atoms with Crippen LogP contribution in [0.5, 0.6) is 0 Å². The van der Waals surface area contributed by atoms with Gasteiger partial charge in [0.15, 0.2) is 0 Å². The van der Waals surface area contributed by atoms with Crippen LogP contribution >= 0.6 is 0 Å². The van der Waals surface area contributed by atoms with Crippen LogP contribution in [0.25, 0.3) is 0 Å². The Labute approximate surface area is 109 Å². The number of amides is 2. The van der Waals surface area contributed by atoms with Crippen molar-refractivity contribution < 1.29 is 14.7 Å². The van der Waals surface area contributed by atoms with E-state index in [4.69, 9.17) is 5.11 Å². The second kappa shape index (κ2) is 6.61. The number of carbonyl (C=O) groups is 2. The Morgan fingerprint density at radius 2 is 1.67 bits per heavy atom. The Morgan fingerprint density at radius 1 is 1.17 bits per heavy atom. The Bertz CT molecular complexity index is 299. The van der Waals surface area contributed by atoms with E-state index < -0.39 is 18.0 Å². The summed E-state index contributed by atoms with van der Waals surface area (Å²) in [7, 11) is 0. The zero-order valence-corrected chi connectivity index (χ0v) is 12.2. The van der Waals surface area contributed by atoms with Gasteiger partial charge in [-0.05, 0) is 17.3 Å². The molecule has 2 amide bonds. The highest BCUT2D eigenvalue weighted by atomic mass is 16.4. The molecule has 0 aliphatic carbocycles. The Balaban J connectivity index is 4.31. The number of aliphatic carboxylic acids is 1. The largest absolute Gasteiger partial charge is 0.480 e. The van der Waals surface area contributed by atoms with Crippen LogP contribution in [0.4, 0.5) is 4.79 Å². The lowest BCUT2D eigenvalue weighted by molar-refractivity contribution is -0.140. The van der Waals surface area contributed by atoms with Crippen molar-refractivity contribution in [1.29, 1.82) is 0 Å². The molecule has 1 atom stereocenters. The van der Waals surface area contributed by atoms with Gasteiger partial charge in [-0.25, -0.2) is 9.59 Å². The number of carbonyl (C=O) groups excluding carboxylic acids is 1. The molecule has 0 heterocycles. The lowest BCUT2D eigenvalue weighted by atomic mass is 9.81. The first-order chi connectivity index (χ1) is 8.08. The molecule has 0 aliphatic heterocycles. The molecule has 0 aliphatic rings. The summed E-state index contributed by atoms with van der Waals surface area (Å²) in [5.74, 6) is -0.729. The molecule has 0 saturated carbocycles. The first-order valence-electron chi connectivity index (χ1n) is 6.35. The highest BCUT2D eigenvalue weighted by Crippen LogP contribution is 2.24. The maximum Gasteiger partial charge on any atom is 0.326 e. The molecule has 0 saturated heterocycles. The van der Waals surface area contributed by atoms with Gasteiger partial charge >= 0.3 is 12.0 Å². The zero-order valence-electron chi connectivity index (χ0n) is 12.2. The van der Waals surface area contributed by atoms with E-state index in [1.54, 1.807) is 13.8 Å². The van der Waals surface area contributed by atoms with E-state index >= 15 is 0 Å². The number of hydrogen-bond acceptors (Lipinski definition) is 2. The standard InChI is InChI=1S/C13H26N2O3/c1-8(2)10(11(16)17)15-12(18)14-7-13(5,6)9(3)4/h8-10H,7H2,1-6H3,(H,16,17)(H2,14,15,18)/t10-/m0/s1. The number of nitrogens with one attached hydrogen (secondary N) is 2. The molecular formula is C13H26N2O3. The smallest absolute Gasteiger partial charge is 0.326 e. The van der Waals surface area contributed by atoms with Gasteiger partial charge in [0, 0.05) is 6.54 Å². The summed E-state index contributed by atoms with van der Waals surface area (Å²) in [6, 6.07) is -1.28. The van der Waals surface area contributed by atoms with E-state index in [9.17, 15) is 9.59 Å². The van der Waals surface area contributed by atoms with E-state index in [1.165, 1.54) is 0 Å². The molecule has 106 valence electrons. The van der Waals surface area contributed by atoms with Gasteiger partial charge in [0.05, 0.1) is 0 Å². The first kappa shape index (κ1) is 16.7. The minimum atomic E-state index is -1.01. The normalized spacial score (nSPS) is 13.6. The molecule has 0 aromatic heterocycles. The molecule has 3 N–H and O–H groups in total. The van der Waals surface area contributed by atoms with Crippen LogP contribution in [0.15, 0.2) is 0 Å². The predicted octanol–water partition coefficient (Wildman–Crippen LogP) is 2.08. The molecule has 0 aromatic rings. The van der Waals surface area contributed by atoms with Crippen molar-refractivity contribution in [2.75, 3.05) is 6.54 Å². The van der Waals surface area contributed by atoms with Crippen LogP contribution in [0, 0.1) is 17.3 Å². The third-order valence-electron chi connectivity index (χ3n) is 3.49. The van der Waals surface area contributed by atoms with Crippen LogP contribution in [-0.4, -0.2) is 29.7 Å². The van der Waals surface area contributed by atoms with E-state index in [1.807, 2.05) is 0 Å². The van der Waals surface area contributed by atoms with Gasteiger partial charge in [0.25, 0.3) is 0 Å². The monoisotopic (exact) mass is 258 g/mol. The summed E-state index contributed by atoms with van der Waals surface area (Å²) in [6.07, 6.45) is 0. The van der Waals surface area contributed by atoms with E-state index in [0.717, 1.165) is 0 Å². The van der Waals surface area contributed by atoms with E-state index in [2.05, 4.69) is 38.3 Å². The molecule has 0 aromatic carbocycles. The third kappa shape index (κ3) is 5.38. The molecule has 5 nitrogen and oxygen atoms in total. The zero-order chi connectivity index (χ0) is 14.5. The molecule has 0 fully saturated rings. The van der Waals surface area contributed by atoms with Crippen LogP contribution in [0.3, 0.4) is 0 Å². The van der Waals surface area contributed by atoms with Gasteiger partial charge in [-0.15, -0.1) is 0 Å². The average molecular weight is 258 g/mol. The highest BCUT2D eigenvalue weighted by Gasteiger charge is 2.26. The van der Waals surface area contributed by atoms with Crippen LogP contribution in [-0.2, 0) is 4.79 Å². The van der Waals surface area contributed by atoms with Crippen molar-refractivity contribution in [2.24, 2.45) is 17.3 Å². The number of hydrogen-bond donors (Lipinski definition) is 3. The van der Waals surface area contributed by atoms with E-state index in [-0.39, 0.29) is 11.3 Å². The molecule has 0 rings (SSSR count). The van der Waals surface area contributed by atoms with Crippen molar-refractivity contribution in [3.05, 3.63) is 0 Å². The minimum absolute atomic E-state index is 0.0199. The number of rotatable bonds is 6. The molecular weight excluding hydrogens is 232 g/mol. The van der Waals surface area contributed by atoms with E-state index in [0.29, 0.717) is 12.5 Å². The van der Waals surface area contributed by atoms with Crippen LogP contribution in [0.1, 0.15) is 41.5 Å². The number of carboxylic acid groups (broad SMARTS) is 1. The summed E-state index contributed by atoms with van der Waals surface area (Å²) in [5, 5.41) is 14.2. The topological polar surface area (TPSA) is 78.4 Å². The molecule has 0 radical (unpaired) electrons. The SMILES string of the molecule is CC(C)[C@H](NC(=O)NCC(C)(C)C(C)C)C(=O)O. The van der Waals surface area contributed by atoms with Gasteiger partial charge in [0.2, 0.25) is 0 Å². The minimum Gasteiger partial charge on any atom is -0.480 e. The van der Waals surface area contributed by atoms with Gasteiger partial charge in [-0.2, -0.15) is 0 Å². The van der Waals surface area contributed by atoms with Gasteiger partial charge in [-0.3, -0.25) is 0 Å². The second-order valence-electron chi connectivity index (χ2n) is 6.03. The fourth-order valence-corrected chi connectivity index (χ4v) is 1.22. The average Bonchev–Trinajstić information content (AvgIpc) is 2.22. The van der Waals surface area contributed by atoms with Gasteiger partial charge in [0.1, 0.15) is 6.04 Å². The molecule has 18 heavy (non-hydrogen) atoms. The fraction of sp³-hybridized carbons (Fsp3) is 0.846. The highest BCUT2D eigenvalue weighted by molar-refractivity contribution is 5.82. The second-order valence-corrected chi connectivity index (χ2v) is 6.03. The molecule has 0 spiro atoms. The summed E-state index contributed by atoms with van der Waals surface area (Å²) < 4.78 is 0. The first-order valence-corrected chi connectivity index (χ1v) is 6.35. The summed E-state index contributed by atoms with van der Waals surface area (Å²) >= 11 is 0. The summed E-state index contributed by atoms with van der Waals surface area (Å²) in [5.41, 5.74) is -0.0199. The van der Waals surface area contributed by atoms with Crippen molar-refractivity contribution in [3.63, 3.8) is 0 Å². The van der Waals surface area contributed by atoms with Gasteiger partial charge in [-0.1, -0.05) is 41.5 Å². The summed E-state index contributed by atoms with van der Waals surface area (Å²) in [4.78, 5) is 22.6. The van der Waals surface area contributed by atoms with Crippen molar-refractivity contribution in [1.82, 2.24) is 10.6 Å². The number of urea groups is 1. The maximum absolute atomic E-state index is 11.6. The lowest BCUT2D eigenvalue weighted by Gasteiger charge is -2.29. The quantitative estimate of drug-likeness (QED) is 0.682. The molecule has 0 bridgehead atoms. The van der Waals surface area contributed by atoms with Crippen LogP contribution < -0.4 is 10.6 Å². The lowest BCUT2D eigenvalue weighted by Crippen LogP contribution is -2.50. The predicted molar refractivity (Wildman–Crippen MR) is 71.4 cm³/mol. The molecule has 5 heteroatoms. The van der Waals surface area contributed by atoms with Crippen molar-refractivity contribution in [3.8, 4) is 0 Å². The molecule has 0 unspecified atom stereocenters. The third-order valence-corrected chi connectivity index (χ3v) is 3.49.